The first-order chi connectivity index (χ1) is 9.24. The number of phenolic OH excluding ortho intramolecular Hbond substituents is 1. The Kier molecular flexibility index (Phi) is 12.5. The number of aromatic hydroxyl groups is 1. The van der Waals surface area contributed by atoms with Crippen LogP contribution in [0, 0.1) is 0 Å². The molecule has 20 heavy (non-hydrogen) atoms. The topological polar surface area (TPSA) is 20.2 Å². The minimum absolute atomic E-state index is 0. The minimum atomic E-state index is 0. The lowest BCUT2D eigenvalue weighted by molar-refractivity contribution is 0.475. The molecule has 1 atom stereocenters. The van der Waals surface area contributed by atoms with Gasteiger partial charge in [-0.3, -0.25) is 0 Å². The molecule has 3 heteroatoms. The molecule has 1 aromatic carbocycles. The van der Waals surface area contributed by atoms with Crippen molar-refractivity contribution in [3.8, 4) is 5.75 Å². The molecule has 0 heterocycles. The number of rotatable bonds is 10. The average molecular weight is 361 g/mol. The second-order valence-corrected chi connectivity index (χ2v) is 5.99. The number of hydrogen-bond acceptors (Lipinski definition) is 2. The summed E-state index contributed by atoms with van der Waals surface area (Å²) in [5.74, 6) is 0.330. The van der Waals surface area contributed by atoms with E-state index < -0.39 is 0 Å². The number of benzene rings is 1. The Morgan fingerprint density at radius 1 is 0.900 bits per heavy atom. The van der Waals surface area contributed by atoms with Gasteiger partial charge < -0.3 is 5.11 Å². The molecule has 1 nitrogen and oxygen atoms in total. The van der Waals surface area contributed by atoms with Gasteiger partial charge >= 0.3 is 0 Å². The first-order valence-corrected chi connectivity index (χ1v) is 8.22. The lowest BCUT2D eigenvalue weighted by Gasteiger charge is -2.11. The molecule has 116 valence electrons. The van der Waals surface area contributed by atoms with Crippen molar-refractivity contribution in [2.45, 2.75) is 70.0 Å². The van der Waals surface area contributed by atoms with Crippen molar-refractivity contribution < 1.29 is 5.11 Å². The SMILES string of the molecule is Br.CCCCCCCCCCC(S)c1ccc(O)cc1. The van der Waals surface area contributed by atoms with E-state index in [1.54, 1.807) is 12.1 Å². The number of phenols is 1. The van der Waals surface area contributed by atoms with Crippen molar-refractivity contribution in [1.29, 1.82) is 0 Å². The molecule has 0 bridgehead atoms. The Morgan fingerprint density at radius 3 is 1.95 bits per heavy atom. The van der Waals surface area contributed by atoms with Gasteiger partial charge in [-0.15, -0.1) is 17.0 Å². The Bertz CT molecular complexity index is 326. The molecule has 0 radical (unpaired) electrons. The lowest BCUT2D eigenvalue weighted by atomic mass is 10.0. The fourth-order valence-corrected chi connectivity index (χ4v) is 2.69. The standard InChI is InChI=1S/C17H28OS.BrH/c1-2-3-4-5-6-7-8-9-10-17(19)15-11-13-16(18)14-12-15;/h11-14,17-19H,2-10H2,1H3;1H. The van der Waals surface area contributed by atoms with E-state index in [0.29, 0.717) is 11.0 Å². The second-order valence-electron chi connectivity index (χ2n) is 5.37. The largest absolute Gasteiger partial charge is 0.508 e. The van der Waals surface area contributed by atoms with Gasteiger partial charge in [0.15, 0.2) is 0 Å². The molecule has 1 aromatic rings. The zero-order valence-corrected chi connectivity index (χ0v) is 15.2. The fourth-order valence-electron chi connectivity index (χ4n) is 2.33. The molecule has 0 fully saturated rings. The van der Waals surface area contributed by atoms with Gasteiger partial charge in [-0.05, 0) is 24.1 Å². The van der Waals surface area contributed by atoms with Crippen molar-refractivity contribution in [3.63, 3.8) is 0 Å². The molecule has 0 aliphatic rings. The van der Waals surface area contributed by atoms with Crippen LogP contribution in [0.4, 0.5) is 0 Å². The molecule has 0 spiro atoms. The molecule has 0 aliphatic carbocycles. The van der Waals surface area contributed by atoms with E-state index >= 15 is 0 Å². The summed E-state index contributed by atoms with van der Waals surface area (Å²) in [4.78, 5) is 0. The third-order valence-corrected chi connectivity index (χ3v) is 4.17. The quantitative estimate of drug-likeness (QED) is 0.361. The molecule has 1 rings (SSSR count). The van der Waals surface area contributed by atoms with Crippen LogP contribution in [0.2, 0.25) is 0 Å². The summed E-state index contributed by atoms with van der Waals surface area (Å²) in [5.41, 5.74) is 1.21. The van der Waals surface area contributed by atoms with Crippen molar-refractivity contribution >= 4 is 29.6 Å². The molecular weight excluding hydrogens is 332 g/mol. The third-order valence-electron chi connectivity index (χ3n) is 3.61. The summed E-state index contributed by atoms with van der Waals surface area (Å²) in [6, 6.07) is 7.42. The smallest absolute Gasteiger partial charge is 0.115 e. The van der Waals surface area contributed by atoms with Crippen LogP contribution in [0.25, 0.3) is 0 Å². The first-order valence-electron chi connectivity index (χ1n) is 7.71. The number of halogens is 1. The van der Waals surface area contributed by atoms with E-state index in [1.165, 1.54) is 56.9 Å². The van der Waals surface area contributed by atoms with E-state index in [9.17, 15) is 5.11 Å². The Labute approximate surface area is 140 Å². The zero-order valence-electron chi connectivity index (χ0n) is 12.6. The Morgan fingerprint density at radius 2 is 1.40 bits per heavy atom. The van der Waals surface area contributed by atoms with Crippen molar-refractivity contribution in [2.24, 2.45) is 0 Å². The lowest BCUT2D eigenvalue weighted by Crippen LogP contribution is -1.91. The maximum atomic E-state index is 9.25. The molecular formula is C17H29BrOS. The second kappa shape index (κ2) is 12.6. The van der Waals surface area contributed by atoms with Crippen LogP contribution in [-0.2, 0) is 0 Å². The van der Waals surface area contributed by atoms with Crippen molar-refractivity contribution in [3.05, 3.63) is 29.8 Å². The number of unbranched alkanes of at least 4 members (excludes halogenated alkanes) is 7. The van der Waals surface area contributed by atoms with Crippen LogP contribution in [0.5, 0.6) is 5.75 Å². The highest BCUT2D eigenvalue weighted by molar-refractivity contribution is 8.93. The summed E-state index contributed by atoms with van der Waals surface area (Å²) in [5, 5.41) is 9.55. The van der Waals surface area contributed by atoms with Crippen molar-refractivity contribution in [1.82, 2.24) is 0 Å². The van der Waals surface area contributed by atoms with E-state index in [2.05, 4.69) is 19.6 Å². The molecule has 0 amide bonds. The Hall–Kier alpha value is -0.150. The fraction of sp³-hybridized carbons (Fsp3) is 0.647. The first kappa shape index (κ1) is 19.9. The monoisotopic (exact) mass is 360 g/mol. The highest BCUT2D eigenvalue weighted by Crippen LogP contribution is 2.27. The summed E-state index contributed by atoms with van der Waals surface area (Å²) in [6.07, 6.45) is 12.0. The summed E-state index contributed by atoms with van der Waals surface area (Å²) < 4.78 is 0. The van der Waals surface area contributed by atoms with Crippen molar-refractivity contribution in [2.75, 3.05) is 0 Å². The zero-order chi connectivity index (χ0) is 13.9. The predicted molar refractivity (Wildman–Crippen MR) is 97.4 cm³/mol. The van der Waals surface area contributed by atoms with Gasteiger partial charge in [0.2, 0.25) is 0 Å². The molecule has 0 saturated carbocycles. The van der Waals surface area contributed by atoms with Gasteiger partial charge in [-0.2, -0.15) is 12.6 Å². The molecule has 1 N–H and O–H groups in total. The van der Waals surface area contributed by atoms with Crippen LogP contribution in [0.1, 0.15) is 75.5 Å². The minimum Gasteiger partial charge on any atom is -0.508 e. The Balaban J connectivity index is 0.00000361. The van der Waals surface area contributed by atoms with Crippen LogP contribution in [0.15, 0.2) is 24.3 Å². The number of hydrogen-bond donors (Lipinski definition) is 2. The van der Waals surface area contributed by atoms with Gasteiger partial charge in [0, 0.05) is 5.25 Å². The van der Waals surface area contributed by atoms with Gasteiger partial charge in [0.1, 0.15) is 5.75 Å². The van der Waals surface area contributed by atoms with E-state index in [-0.39, 0.29) is 17.0 Å². The van der Waals surface area contributed by atoms with Gasteiger partial charge in [-0.25, -0.2) is 0 Å². The van der Waals surface area contributed by atoms with Gasteiger partial charge in [0.25, 0.3) is 0 Å². The van der Waals surface area contributed by atoms with E-state index in [1.807, 2.05) is 12.1 Å². The highest BCUT2D eigenvalue weighted by atomic mass is 79.9. The summed E-state index contributed by atoms with van der Waals surface area (Å²) in [7, 11) is 0. The van der Waals surface area contributed by atoms with E-state index in [4.69, 9.17) is 0 Å². The van der Waals surface area contributed by atoms with Gasteiger partial charge in [0.05, 0.1) is 0 Å². The molecule has 0 saturated heterocycles. The average Bonchev–Trinajstić information content (AvgIpc) is 2.42. The van der Waals surface area contributed by atoms with Crippen LogP contribution < -0.4 is 0 Å². The van der Waals surface area contributed by atoms with Crippen LogP contribution in [-0.4, -0.2) is 5.11 Å². The summed E-state index contributed by atoms with van der Waals surface area (Å²) in [6.45, 7) is 2.26. The molecule has 0 aliphatic heterocycles. The third kappa shape index (κ3) is 8.91. The molecule has 0 aromatic heterocycles. The number of thiol groups is 1. The maximum Gasteiger partial charge on any atom is 0.115 e. The summed E-state index contributed by atoms with van der Waals surface area (Å²) >= 11 is 4.64. The van der Waals surface area contributed by atoms with E-state index in [0.717, 1.165) is 6.42 Å². The maximum absolute atomic E-state index is 9.25. The van der Waals surface area contributed by atoms with Crippen LogP contribution in [0.3, 0.4) is 0 Å². The predicted octanol–water partition coefficient (Wildman–Crippen LogP) is 6.47. The van der Waals surface area contributed by atoms with Gasteiger partial charge in [-0.1, -0.05) is 70.4 Å². The normalized spacial score (nSPS) is 11.9. The van der Waals surface area contributed by atoms with Crippen LogP contribution >= 0.6 is 29.6 Å². The highest BCUT2D eigenvalue weighted by Gasteiger charge is 2.05. The molecule has 1 unspecified atom stereocenters.